The van der Waals surface area contributed by atoms with E-state index in [0.717, 1.165) is 24.1 Å². The van der Waals surface area contributed by atoms with Crippen LogP contribution in [-0.4, -0.2) is 34.1 Å². The molecular weight excluding hydrogens is 226 g/mol. The quantitative estimate of drug-likeness (QED) is 0.872. The molecule has 2 N–H and O–H groups in total. The van der Waals surface area contributed by atoms with Gasteiger partial charge in [-0.1, -0.05) is 6.92 Å². The smallest absolute Gasteiger partial charge is 0.319 e. The third-order valence-electron chi connectivity index (χ3n) is 3.45. The Labute approximate surface area is 99.4 Å². The summed E-state index contributed by atoms with van der Waals surface area (Å²) in [6.07, 6.45) is 3.75. The van der Waals surface area contributed by atoms with Gasteiger partial charge in [0.05, 0.1) is 6.54 Å². The average Bonchev–Trinajstić information content (AvgIpc) is 2.87. The van der Waals surface area contributed by atoms with Crippen molar-refractivity contribution in [2.45, 2.75) is 26.4 Å². The molecule has 2 heterocycles. The highest BCUT2D eigenvalue weighted by Gasteiger charge is 2.32. The molecule has 0 aromatic carbocycles. The number of nitrogens with zero attached hydrogens (tertiary/aromatic N) is 3. The van der Waals surface area contributed by atoms with Gasteiger partial charge in [0.1, 0.15) is 5.82 Å². The maximum Gasteiger partial charge on any atom is 0.319 e. The topological polar surface area (TPSA) is 47.1 Å². The number of hydrogen-bond donors (Lipinski definition) is 1. The van der Waals surface area contributed by atoms with E-state index in [2.05, 4.69) is 16.8 Å². The molecule has 96 valence electrons. The number of nitrogens with two attached hydrogens (primary N) is 1. The van der Waals surface area contributed by atoms with E-state index in [1.807, 2.05) is 0 Å². The van der Waals surface area contributed by atoms with Crippen molar-refractivity contribution in [3.8, 4) is 0 Å². The summed E-state index contributed by atoms with van der Waals surface area (Å²) in [5, 5.41) is 0. The first-order chi connectivity index (χ1) is 8.04. The van der Waals surface area contributed by atoms with E-state index < -0.39 is 6.55 Å². The monoisotopic (exact) mass is 244 g/mol. The van der Waals surface area contributed by atoms with Crippen LogP contribution in [0.15, 0.2) is 12.4 Å². The molecule has 1 aliphatic rings. The summed E-state index contributed by atoms with van der Waals surface area (Å²) in [4.78, 5) is 6.12. The van der Waals surface area contributed by atoms with E-state index in [1.165, 1.54) is 12.4 Å². The molecule has 0 bridgehead atoms. The summed E-state index contributed by atoms with van der Waals surface area (Å²) in [5.74, 6) is 0.418. The van der Waals surface area contributed by atoms with Crippen LogP contribution in [0.2, 0.25) is 0 Å². The van der Waals surface area contributed by atoms with Gasteiger partial charge in [0.25, 0.3) is 0 Å². The van der Waals surface area contributed by atoms with E-state index in [9.17, 15) is 8.78 Å². The van der Waals surface area contributed by atoms with Crippen LogP contribution in [0.1, 0.15) is 25.7 Å². The molecule has 1 aliphatic heterocycles. The molecule has 0 spiro atoms. The van der Waals surface area contributed by atoms with Crippen LogP contribution in [0.25, 0.3) is 0 Å². The third kappa shape index (κ3) is 2.63. The van der Waals surface area contributed by atoms with Gasteiger partial charge in [-0.05, 0) is 24.9 Å². The number of likely N-dealkylation sites (tertiary alicyclic amines) is 1. The molecule has 17 heavy (non-hydrogen) atoms. The summed E-state index contributed by atoms with van der Waals surface area (Å²) in [5.41, 5.74) is 5.83. The van der Waals surface area contributed by atoms with Crippen molar-refractivity contribution in [1.82, 2.24) is 14.5 Å². The lowest BCUT2D eigenvalue weighted by molar-refractivity contribution is 0.0643. The Bertz CT molecular complexity index is 379. The molecule has 2 rings (SSSR count). The SMILES string of the molecule is CC1(CN)CCN(Cc2nccn2C(F)F)C1. The normalized spacial score (nSPS) is 25.9. The largest absolute Gasteiger partial charge is 0.330 e. The predicted molar refractivity (Wildman–Crippen MR) is 60.5 cm³/mol. The van der Waals surface area contributed by atoms with Gasteiger partial charge in [-0.25, -0.2) is 4.98 Å². The van der Waals surface area contributed by atoms with Crippen LogP contribution in [-0.2, 0) is 6.54 Å². The van der Waals surface area contributed by atoms with Crippen molar-refractivity contribution >= 4 is 0 Å². The number of imidazole rings is 1. The van der Waals surface area contributed by atoms with E-state index >= 15 is 0 Å². The van der Waals surface area contributed by atoms with Gasteiger partial charge < -0.3 is 5.73 Å². The minimum atomic E-state index is -2.52. The molecule has 4 nitrogen and oxygen atoms in total. The highest BCUT2D eigenvalue weighted by atomic mass is 19.3. The van der Waals surface area contributed by atoms with E-state index in [-0.39, 0.29) is 5.41 Å². The Morgan fingerprint density at radius 3 is 2.94 bits per heavy atom. The molecule has 0 amide bonds. The summed E-state index contributed by atoms with van der Waals surface area (Å²) >= 11 is 0. The van der Waals surface area contributed by atoms with Gasteiger partial charge in [-0.15, -0.1) is 0 Å². The lowest BCUT2D eigenvalue weighted by atomic mass is 9.90. The van der Waals surface area contributed by atoms with Crippen molar-refractivity contribution in [3.63, 3.8) is 0 Å². The summed E-state index contributed by atoms with van der Waals surface area (Å²) < 4.78 is 26.2. The highest BCUT2D eigenvalue weighted by molar-refractivity contribution is 4.96. The van der Waals surface area contributed by atoms with Crippen LogP contribution in [0.5, 0.6) is 0 Å². The first-order valence-corrected chi connectivity index (χ1v) is 5.76. The molecule has 0 radical (unpaired) electrons. The minimum Gasteiger partial charge on any atom is -0.330 e. The minimum absolute atomic E-state index is 0.113. The number of rotatable bonds is 4. The second-order valence-electron chi connectivity index (χ2n) is 5.00. The van der Waals surface area contributed by atoms with Crippen molar-refractivity contribution in [2.24, 2.45) is 11.1 Å². The Hall–Kier alpha value is -1.01. The van der Waals surface area contributed by atoms with Crippen LogP contribution in [0.3, 0.4) is 0 Å². The van der Waals surface area contributed by atoms with Gasteiger partial charge in [0.15, 0.2) is 0 Å². The zero-order chi connectivity index (χ0) is 12.5. The molecule has 6 heteroatoms. The Balaban J connectivity index is 2.00. The Morgan fingerprint density at radius 1 is 1.59 bits per heavy atom. The maximum absolute atomic E-state index is 12.6. The molecule has 1 aromatic rings. The second-order valence-corrected chi connectivity index (χ2v) is 5.00. The van der Waals surface area contributed by atoms with Crippen molar-refractivity contribution in [3.05, 3.63) is 18.2 Å². The first-order valence-electron chi connectivity index (χ1n) is 5.76. The van der Waals surface area contributed by atoms with Gasteiger partial charge in [-0.3, -0.25) is 9.47 Å². The lowest BCUT2D eigenvalue weighted by Crippen LogP contribution is -2.31. The van der Waals surface area contributed by atoms with Crippen LogP contribution >= 0.6 is 0 Å². The fourth-order valence-electron chi connectivity index (χ4n) is 2.27. The third-order valence-corrected chi connectivity index (χ3v) is 3.45. The van der Waals surface area contributed by atoms with Crippen molar-refractivity contribution in [2.75, 3.05) is 19.6 Å². The van der Waals surface area contributed by atoms with Crippen LogP contribution in [0.4, 0.5) is 8.78 Å². The zero-order valence-electron chi connectivity index (χ0n) is 9.94. The standard InChI is InChI=1S/C11H18F2N4/c1-11(7-14)2-4-16(8-11)6-9-15-3-5-17(9)10(12)13/h3,5,10H,2,4,6-8,14H2,1H3. The zero-order valence-corrected chi connectivity index (χ0v) is 9.94. The molecule has 1 aromatic heterocycles. The molecule has 1 unspecified atom stereocenters. The van der Waals surface area contributed by atoms with Gasteiger partial charge >= 0.3 is 6.55 Å². The summed E-state index contributed by atoms with van der Waals surface area (Å²) in [6.45, 7) is 2.45. The molecule has 0 saturated carbocycles. The van der Waals surface area contributed by atoms with Gasteiger partial charge in [-0.2, -0.15) is 8.78 Å². The molecule has 1 saturated heterocycles. The average molecular weight is 244 g/mol. The summed E-state index contributed by atoms with van der Waals surface area (Å²) in [6, 6.07) is 0. The van der Waals surface area contributed by atoms with E-state index in [4.69, 9.17) is 5.73 Å². The summed E-state index contributed by atoms with van der Waals surface area (Å²) in [7, 11) is 0. The van der Waals surface area contributed by atoms with Crippen molar-refractivity contribution in [1.29, 1.82) is 0 Å². The van der Waals surface area contributed by atoms with E-state index in [1.54, 1.807) is 0 Å². The molecule has 1 fully saturated rings. The molecule has 0 aliphatic carbocycles. The fourth-order valence-corrected chi connectivity index (χ4v) is 2.27. The Morgan fingerprint density at radius 2 is 2.35 bits per heavy atom. The van der Waals surface area contributed by atoms with Crippen LogP contribution < -0.4 is 5.73 Å². The predicted octanol–water partition coefficient (Wildman–Crippen LogP) is 1.45. The molecular formula is C11H18F2N4. The fraction of sp³-hybridized carbons (Fsp3) is 0.727. The van der Waals surface area contributed by atoms with E-state index in [0.29, 0.717) is 18.9 Å². The highest BCUT2D eigenvalue weighted by Crippen LogP contribution is 2.29. The number of halogens is 2. The lowest BCUT2D eigenvalue weighted by Gasteiger charge is -2.22. The Kier molecular flexibility index (Phi) is 3.44. The first kappa shape index (κ1) is 12.4. The maximum atomic E-state index is 12.6. The second kappa shape index (κ2) is 4.70. The van der Waals surface area contributed by atoms with Crippen molar-refractivity contribution < 1.29 is 8.78 Å². The van der Waals surface area contributed by atoms with Gasteiger partial charge in [0, 0.05) is 18.9 Å². The number of hydrogen-bond acceptors (Lipinski definition) is 3. The number of aromatic nitrogens is 2. The van der Waals surface area contributed by atoms with Gasteiger partial charge in [0.2, 0.25) is 0 Å². The van der Waals surface area contributed by atoms with Crippen LogP contribution in [0, 0.1) is 5.41 Å². The number of alkyl halides is 2. The molecule has 1 atom stereocenters.